The van der Waals surface area contributed by atoms with E-state index >= 15 is 0 Å². The Bertz CT molecular complexity index is 737. The highest BCUT2D eigenvalue weighted by atomic mass is 19.4. The largest absolute Gasteiger partial charge is 0.471 e. The van der Waals surface area contributed by atoms with Crippen molar-refractivity contribution in [2.75, 3.05) is 11.9 Å². The summed E-state index contributed by atoms with van der Waals surface area (Å²) in [5.41, 5.74) is 0.190. The first kappa shape index (κ1) is 20.0. The van der Waals surface area contributed by atoms with Crippen molar-refractivity contribution in [2.45, 2.75) is 52.3 Å². The van der Waals surface area contributed by atoms with Crippen LogP contribution in [0, 0.1) is 0 Å². The predicted molar refractivity (Wildman–Crippen MR) is 95.9 cm³/mol. The van der Waals surface area contributed by atoms with Crippen molar-refractivity contribution >= 4 is 11.6 Å². The molecule has 0 fully saturated rings. The molecular weight excluding hydrogens is 343 g/mol. The summed E-state index contributed by atoms with van der Waals surface area (Å²) in [6.45, 7) is 7.12. The summed E-state index contributed by atoms with van der Waals surface area (Å²) < 4.78 is 45.1. The van der Waals surface area contributed by atoms with E-state index in [1.54, 1.807) is 32.7 Å². The number of anilines is 2. The smallest absolute Gasteiger partial charge is 0.423 e. The van der Waals surface area contributed by atoms with Gasteiger partial charge in [-0.1, -0.05) is 25.5 Å². The van der Waals surface area contributed by atoms with Gasteiger partial charge < -0.3 is 9.64 Å². The van der Waals surface area contributed by atoms with Crippen molar-refractivity contribution in [3.8, 4) is 5.88 Å². The van der Waals surface area contributed by atoms with E-state index in [1.807, 2.05) is 24.3 Å². The first-order chi connectivity index (χ1) is 12.0. The SMILES string of the molecule is CCCc1ccc(N(C)c2ncc(C(F)(F)F)c(OC(C)(C)C)n2)cc1. The average Bonchev–Trinajstić information content (AvgIpc) is 2.52. The fourth-order valence-corrected chi connectivity index (χ4v) is 2.37. The maximum absolute atomic E-state index is 13.2. The second-order valence-corrected chi connectivity index (χ2v) is 7.08. The zero-order valence-corrected chi connectivity index (χ0v) is 15.7. The molecule has 1 heterocycles. The standard InChI is InChI=1S/C19H24F3N3O/c1-6-7-13-8-10-14(11-9-13)25(5)17-23-12-15(19(20,21)22)16(24-17)26-18(2,3)4/h8-12H,6-7H2,1-5H3. The second kappa shape index (κ2) is 7.51. The highest BCUT2D eigenvalue weighted by Crippen LogP contribution is 2.37. The van der Waals surface area contributed by atoms with Crippen molar-refractivity contribution in [1.82, 2.24) is 9.97 Å². The normalized spacial score (nSPS) is 12.2. The molecule has 0 saturated heterocycles. The van der Waals surface area contributed by atoms with Gasteiger partial charge in [0.1, 0.15) is 11.2 Å². The van der Waals surface area contributed by atoms with Gasteiger partial charge in [-0.05, 0) is 44.9 Å². The van der Waals surface area contributed by atoms with Gasteiger partial charge in [0.2, 0.25) is 11.8 Å². The molecule has 0 aliphatic carbocycles. The molecule has 0 spiro atoms. The topological polar surface area (TPSA) is 38.2 Å². The molecule has 2 aromatic rings. The Hall–Kier alpha value is -2.31. The van der Waals surface area contributed by atoms with Gasteiger partial charge in [-0.15, -0.1) is 0 Å². The molecule has 0 unspecified atom stereocenters. The van der Waals surface area contributed by atoms with Crippen LogP contribution in [0.2, 0.25) is 0 Å². The molecule has 1 aromatic carbocycles. The van der Waals surface area contributed by atoms with E-state index < -0.39 is 23.2 Å². The highest BCUT2D eigenvalue weighted by molar-refractivity contribution is 5.57. The third-order valence-electron chi connectivity index (χ3n) is 3.61. The zero-order chi connectivity index (χ0) is 19.5. The van der Waals surface area contributed by atoms with Crippen molar-refractivity contribution in [1.29, 1.82) is 0 Å². The van der Waals surface area contributed by atoms with Crippen molar-refractivity contribution in [3.63, 3.8) is 0 Å². The Balaban J connectivity index is 2.38. The van der Waals surface area contributed by atoms with Crippen LogP contribution in [0.25, 0.3) is 0 Å². The molecular formula is C19H24F3N3O. The van der Waals surface area contributed by atoms with E-state index in [1.165, 1.54) is 5.56 Å². The second-order valence-electron chi connectivity index (χ2n) is 7.08. The van der Waals surface area contributed by atoms with Crippen LogP contribution >= 0.6 is 0 Å². The summed E-state index contributed by atoms with van der Waals surface area (Å²) in [6, 6.07) is 7.78. The number of hydrogen-bond acceptors (Lipinski definition) is 4. The molecule has 1 aromatic heterocycles. The van der Waals surface area contributed by atoms with Gasteiger partial charge in [-0.3, -0.25) is 0 Å². The molecule has 0 aliphatic rings. The zero-order valence-electron chi connectivity index (χ0n) is 15.7. The fraction of sp³-hybridized carbons (Fsp3) is 0.474. The third-order valence-corrected chi connectivity index (χ3v) is 3.61. The Labute approximate surface area is 152 Å². The van der Waals surface area contributed by atoms with Crippen LogP contribution in [0.5, 0.6) is 5.88 Å². The van der Waals surface area contributed by atoms with Crippen LogP contribution in [0.4, 0.5) is 24.8 Å². The molecule has 0 amide bonds. The van der Waals surface area contributed by atoms with Gasteiger partial charge >= 0.3 is 6.18 Å². The van der Waals surface area contributed by atoms with Crippen LogP contribution in [0.15, 0.2) is 30.5 Å². The van der Waals surface area contributed by atoms with Crippen molar-refractivity contribution < 1.29 is 17.9 Å². The minimum atomic E-state index is -4.58. The third kappa shape index (κ3) is 5.09. The summed E-state index contributed by atoms with van der Waals surface area (Å²) in [4.78, 5) is 9.55. The lowest BCUT2D eigenvalue weighted by Crippen LogP contribution is -2.26. The molecule has 0 atom stereocenters. The molecule has 0 saturated carbocycles. The molecule has 142 valence electrons. The van der Waals surface area contributed by atoms with E-state index in [2.05, 4.69) is 16.9 Å². The number of hydrogen-bond donors (Lipinski definition) is 0. The lowest BCUT2D eigenvalue weighted by Gasteiger charge is -2.24. The lowest BCUT2D eigenvalue weighted by atomic mass is 10.1. The Morgan fingerprint density at radius 3 is 2.19 bits per heavy atom. The van der Waals surface area contributed by atoms with Gasteiger partial charge in [0.05, 0.1) is 0 Å². The number of aryl methyl sites for hydroxylation is 1. The summed E-state index contributed by atoms with van der Waals surface area (Å²) >= 11 is 0. The summed E-state index contributed by atoms with van der Waals surface area (Å²) in [6.07, 6.45) is -1.79. The number of ether oxygens (including phenoxy) is 1. The van der Waals surface area contributed by atoms with Gasteiger partial charge in [-0.2, -0.15) is 18.2 Å². The van der Waals surface area contributed by atoms with E-state index in [9.17, 15) is 13.2 Å². The molecule has 26 heavy (non-hydrogen) atoms. The summed E-state index contributed by atoms with van der Waals surface area (Å²) in [5, 5.41) is 0. The van der Waals surface area contributed by atoms with Crippen LogP contribution < -0.4 is 9.64 Å². The predicted octanol–water partition coefficient (Wildman–Crippen LogP) is 5.39. The molecule has 4 nitrogen and oxygen atoms in total. The van der Waals surface area contributed by atoms with Crippen molar-refractivity contribution in [2.24, 2.45) is 0 Å². The summed E-state index contributed by atoms with van der Waals surface area (Å²) in [7, 11) is 1.71. The monoisotopic (exact) mass is 367 g/mol. The van der Waals surface area contributed by atoms with Crippen LogP contribution in [0.3, 0.4) is 0 Å². The fourth-order valence-electron chi connectivity index (χ4n) is 2.37. The molecule has 7 heteroatoms. The molecule has 2 rings (SSSR count). The molecule has 0 radical (unpaired) electrons. The number of benzene rings is 1. The van der Waals surface area contributed by atoms with E-state index in [-0.39, 0.29) is 5.95 Å². The number of alkyl halides is 3. The Morgan fingerprint density at radius 2 is 1.69 bits per heavy atom. The van der Waals surface area contributed by atoms with Crippen LogP contribution in [-0.4, -0.2) is 22.6 Å². The number of aromatic nitrogens is 2. The Morgan fingerprint density at radius 1 is 1.08 bits per heavy atom. The minimum Gasteiger partial charge on any atom is -0.471 e. The average molecular weight is 367 g/mol. The molecule has 0 aliphatic heterocycles. The quantitative estimate of drug-likeness (QED) is 0.710. The highest BCUT2D eigenvalue weighted by Gasteiger charge is 2.37. The van der Waals surface area contributed by atoms with Crippen LogP contribution in [-0.2, 0) is 12.6 Å². The number of halogens is 3. The van der Waals surface area contributed by atoms with E-state index in [4.69, 9.17) is 4.74 Å². The van der Waals surface area contributed by atoms with E-state index in [0.29, 0.717) is 0 Å². The molecule has 0 bridgehead atoms. The van der Waals surface area contributed by atoms with Crippen LogP contribution in [0.1, 0.15) is 45.2 Å². The number of rotatable bonds is 5. The van der Waals surface area contributed by atoms with E-state index in [0.717, 1.165) is 24.7 Å². The van der Waals surface area contributed by atoms with Gasteiger partial charge in [-0.25, -0.2) is 4.98 Å². The van der Waals surface area contributed by atoms with Gasteiger partial charge in [0, 0.05) is 18.9 Å². The maximum Gasteiger partial charge on any atom is 0.423 e. The summed E-state index contributed by atoms with van der Waals surface area (Å²) in [5.74, 6) is -0.329. The molecule has 0 N–H and O–H groups in total. The van der Waals surface area contributed by atoms with Gasteiger partial charge in [0.15, 0.2) is 0 Å². The van der Waals surface area contributed by atoms with Crippen molar-refractivity contribution in [3.05, 3.63) is 41.6 Å². The maximum atomic E-state index is 13.2. The number of nitrogens with zero attached hydrogens (tertiary/aromatic N) is 3. The lowest BCUT2D eigenvalue weighted by molar-refractivity contribution is -0.140. The first-order valence-electron chi connectivity index (χ1n) is 8.47. The first-order valence-corrected chi connectivity index (χ1v) is 8.47. The van der Waals surface area contributed by atoms with Gasteiger partial charge in [0.25, 0.3) is 0 Å². The minimum absolute atomic E-state index is 0.139. The Kier molecular flexibility index (Phi) is 5.78.